The van der Waals surface area contributed by atoms with E-state index in [0.29, 0.717) is 6.42 Å². The number of ether oxygens (including phenoxy) is 1. The number of rotatable bonds is 8. The maximum atomic E-state index is 12.5. The number of alkyl carbamates (subject to hydrolysis) is 1. The van der Waals surface area contributed by atoms with Crippen LogP contribution in [0.25, 0.3) is 0 Å². The second-order valence-corrected chi connectivity index (χ2v) is 7.61. The van der Waals surface area contributed by atoms with Gasteiger partial charge in [-0.25, -0.2) is 4.79 Å². The Labute approximate surface area is 165 Å². The second kappa shape index (κ2) is 8.79. The van der Waals surface area contributed by atoms with Gasteiger partial charge in [0.2, 0.25) is 5.91 Å². The number of amides is 2. The van der Waals surface area contributed by atoms with Crippen LogP contribution in [-0.4, -0.2) is 52.3 Å². The van der Waals surface area contributed by atoms with Crippen LogP contribution in [0.1, 0.15) is 43.7 Å². The highest BCUT2D eigenvalue weighted by atomic mass is 16.5. The van der Waals surface area contributed by atoms with Crippen LogP contribution in [0.3, 0.4) is 0 Å². The van der Waals surface area contributed by atoms with Gasteiger partial charge in [0.1, 0.15) is 6.61 Å². The molecule has 2 amide bonds. The lowest BCUT2D eigenvalue weighted by Gasteiger charge is -2.34. The molecule has 2 fully saturated rings. The van der Waals surface area contributed by atoms with Gasteiger partial charge in [-0.3, -0.25) is 4.79 Å². The van der Waals surface area contributed by atoms with E-state index in [1.54, 1.807) is 0 Å². The number of benzene rings is 1. The number of carbonyl (C=O) groups is 2. The van der Waals surface area contributed by atoms with Gasteiger partial charge in [-0.15, -0.1) is 0 Å². The largest absolute Gasteiger partial charge is 0.451 e. The number of nitrogens with one attached hydrogen (secondary N) is 1. The van der Waals surface area contributed by atoms with Crippen molar-refractivity contribution in [2.24, 2.45) is 0 Å². The van der Waals surface area contributed by atoms with Crippen LogP contribution in [-0.2, 0) is 9.53 Å². The fraction of sp³-hybridized carbons (Fsp3) is 0.500. The van der Waals surface area contributed by atoms with Gasteiger partial charge in [0.05, 0.1) is 11.6 Å². The quantitative estimate of drug-likeness (QED) is 0.469. The molecule has 7 nitrogen and oxygen atoms in total. The number of hydrogen-bond acceptors (Lipinski definition) is 5. The highest BCUT2D eigenvalue weighted by molar-refractivity contribution is 6.40. The molecular weight excluding hydrogens is 359 g/mol. The third-order valence-corrected chi connectivity index (χ3v) is 5.85. The summed E-state index contributed by atoms with van der Waals surface area (Å²) in [5, 5.41) is 21.2. The zero-order valence-corrected chi connectivity index (χ0v) is 15.9. The Morgan fingerprint density at radius 2 is 2.00 bits per heavy atom. The lowest BCUT2D eigenvalue weighted by Crippen LogP contribution is -2.48. The molecule has 3 N–H and O–H groups in total. The Bertz CT molecular complexity index is 704. The molecule has 0 spiro atoms. The number of fused-ring (bicyclic) bond motifs is 2. The lowest BCUT2D eigenvalue weighted by atomic mass is 9.81. The fourth-order valence-corrected chi connectivity index (χ4v) is 4.46. The molecule has 2 heterocycles. The summed E-state index contributed by atoms with van der Waals surface area (Å²) in [6.07, 6.45) is 4.74. The van der Waals surface area contributed by atoms with E-state index in [-0.39, 0.29) is 30.9 Å². The van der Waals surface area contributed by atoms with Gasteiger partial charge in [-0.1, -0.05) is 36.9 Å². The molecule has 8 heteroatoms. The summed E-state index contributed by atoms with van der Waals surface area (Å²) in [7, 11) is -1.43. The average molecular weight is 386 g/mol. The van der Waals surface area contributed by atoms with E-state index in [0.717, 1.165) is 31.2 Å². The molecule has 1 aromatic carbocycles. The summed E-state index contributed by atoms with van der Waals surface area (Å²) < 4.78 is 5.53. The second-order valence-electron chi connectivity index (χ2n) is 7.61. The van der Waals surface area contributed by atoms with E-state index in [1.807, 2.05) is 35.2 Å². The predicted octanol–water partition coefficient (Wildman–Crippen LogP) is 2.03. The van der Waals surface area contributed by atoms with Crippen molar-refractivity contribution in [1.82, 2.24) is 10.2 Å². The summed E-state index contributed by atoms with van der Waals surface area (Å²) in [5.41, 5.74) is 0.431. The van der Waals surface area contributed by atoms with Gasteiger partial charge in [0, 0.05) is 6.04 Å². The summed E-state index contributed by atoms with van der Waals surface area (Å²) in [6, 6.07) is 9.16. The zero-order valence-electron chi connectivity index (χ0n) is 15.9. The molecule has 2 bridgehead atoms. The third kappa shape index (κ3) is 4.39. The molecule has 3 rings (SSSR count). The van der Waals surface area contributed by atoms with E-state index >= 15 is 0 Å². The molecule has 2 saturated heterocycles. The monoisotopic (exact) mass is 386 g/mol. The Hall–Kier alpha value is -2.32. The van der Waals surface area contributed by atoms with Crippen molar-refractivity contribution in [2.45, 2.75) is 56.0 Å². The van der Waals surface area contributed by atoms with Crippen molar-refractivity contribution in [2.75, 3.05) is 6.61 Å². The van der Waals surface area contributed by atoms with Crippen molar-refractivity contribution in [3.63, 3.8) is 0 Å². The van der Waals surface area contributed by atoms with E-state index in [9.17, 15) is 19.6 Å². The van der Waals surface area contributed by atoms with Gasteiger partial charge in [-0.2, -0.15) is 0 Å². The van der Waals surface area contributed by atoms with Crippen molar-refractivity contribution < 1.29 is 24.4 Å². The first-order valence-electron chi connectivity index (χ1n) is 9.75. The Balaban J connectivity index is 1.61. The Morgan fingerprint density at radius 3 is 2.61 bits per heavy atom. The van der Waals surface area contributed by atoms with Gasteiger partial charge in [-0.05, 0) is 50.1 Å². The maximum Gasteiger partial charge on any atom is 0.451 e. The van der Waals surface area contributed by atoms with Crippen LogP contribution in [0.15, 0.2) is 43.0 Å². The molecule has 1 atom stereocenters. The predicted molar refractivity (Wildman–Crippen MR) is 105 cm³/mol. The standard InChI is InChI=1S/C20H27BN2O5/c1-2-18(24)23-16-8-11-20(23,12-9-16)14-28-19(25)22-17(10-13-21(26)27)15-6-4-3-5-7-15/h2-7,16-17,26-27H,1,8-14H2,(H,22,25)/t16?,17-,20?/m0/s1. The first-order chi connectivity index (χ1) is 13.4. The minimum absolute atomic E-state index is 0.108. The van der Waals surface area contributed by atoms with Crippen LogP contribution in [0.2, 0.25) is 6.32 Å². The van der Waals surface area contributed by atoms with E-state index in [2.05, 4.69) is 11.9 Å². The van der Waals surface area contributed by atoms with E-state index in [1.165, 1.54) is 6.08 Å². The fourth-order valence-electron chi connectivity index (χ4n) is 4.46. The molecular formula is C20H27BN2O5. The van der Waals surface area contributed by atoms with Crippen LogP contribution in [0.4, 0.5) is 4.79 Å². The molecule has 2 aliphatic rings. The zero-order chi connectivity index (χ0) is 20.1. The summed E-state index contributed by atoms with van der Waals surface area (Å²) >= 11 is 0. The lowest BCUT2D eigenvalue weighted by molar-refractivity contribution is -0.131. The Morgan fingerprint density at radius 1 is 1.32 bits per heavy atom. The highest BCUT2D eigenvalue weighted by Crippen LogP contribution is 2.46. The van der Waals surface area contributed by atoms with Crippen molar-refractivity contribution in [3.8, 4) is 0 Å². The van der Waals surface area contributed by atoms with Crippen LogP contribution >= 0.6 is 0 Å². The van der Waals surface area contributed by atoms with Gasteiger partial charge in [0.15, 0.2) is 0 Å². The number of carbonyl (C=O) groups excluding carboxylic acids is 2. The minimum atomic E-state index is -1.43. The maximum absolute atomic E-state index is 12.5. The number of hydrogen-bond donors (Lipinski definition) is 3. The van der Waals surface area contributed by atoms with Gasteiger partial charge < -0.3 is 25.0 Å². The van der Waals surface area contributed by atoms with Crippen molar-refractivity contribution in [1.29, 1.82) is 0 Å². The molecule has 28 heavy (non-hydrogen) atoms. The Kier molecular flexibility index (Phi) is 6.41. The molecule has 0 unspecified atom stereocenters. The van der Waals surface area contributed by atoms with Crippen LogP contribution in [0, 0.1) is 0 Å². The molecule has 1 aromatic rings. The molecule has 2 aliphatic heterocycles. The smallest absolute Gasteiger partial charge is 0.447 e. The SMILES string of the molecule is C=CC(=O)N1C2CCC1(COC(=O)N[C@@H](CCB(O)O)c1ccccc1)CC2. The van der Waals surface area contributed by atoms with E-state index < -0.39 is 18.8 Å². The topological polar surface area (TPSA) is 99.1 Å². The summed E-state index contributed by atoms with van der Waals surface area (Å²) in [4.78, 5) is 26.5. The molecule has 0 saturated carbocycles. The minimum Gasteiger partial charge on any atom is -0.447 e. The first kappa shape index (κ1) is 20.4. The van der Waals surface area contributed by atoms with Crippen LogP contribution < -0.4 is 5.32 Å². The summed E-state index contributed by atoms with van der Waals surface area (Å²) in [6.45, 7) is 3.74. The van der Waals surface area contributed by atoms with Gasteiger partial charge >= 0.3 is 13.2 Å². The van der Waals surface area contributed by atoms with Gasteiger partial charge in [0.25, 0.3) is 0 Å². The van der Waals surface area contributed by atoms with Crippen molar-refractivity contribution >= 4 is 19.1 Å². The summed E-state index contributed by atoms with van der Waals surface area (Å²) in [5.74, 6) is -0.108. The molecule has 0 radical (unpaired) electrons. The third-order valence-electron chi connectivity index (χ3n) is 5.85. The normalized spacial score (nSPS) is 23.9. The number of nitrogens with zero attached hydrogens (tertiary/aromatic N) is 1. The van der Waals surface area contributed by atoms with Crippen LogP contribution in [0.5, 0.6) is 0 Å². The van der Waals surface area contributed by atoms with E-state index in [4.69, 9.17) is 4.74 Å². The molecule has 0 aliphatic carbocycles. The molecule has 0 aromatic heterocycles. The average Bonchev–Trinajstić information content (AvgIpc) is 3.25. The first-order valence-corrected chi connectivity index (χ1v) is 9.75. The highest BCUT2D eigenvalue weighted by Gasteiger charge is 2.54. The van der Waals surface area contributed by atoms with Crippen molar-refractivity contribution in [3.05, 3.63) is 48.6 Å². The molecule has 150 valence electrons.